The molecule has 4 heteroatoms. The van der Waals surface area contributed by atoms with Gasteiger partial charge < -0.3 is 4.74 Å². The lowest BCUT2D eigenvalue weighted by Crippen LogP contribution is -1.95. The third-order valence-electron chi connectivity index (χ3n) is 3.39. The molecule has 3 nitrogen and oxygen atoms in total. The number of hydrogen-bond acceptors (Lipinski definition) is 4. The fourth-order valence-corrected chi connectivity index (χ4v) is 2.98. The number of ether oxygens (including phenoxy) is 1. The fourth-order valence-electron chi connectivity index (χ4n) is 2.22. The Kier molecular flexibility index (Phi) is 5.05. The van der Waals surface area contributed by atoms with Crippen LogP contribution in [0.5, 0.6) is 5.75 Å². The highest BCUT2D eigenvalue weighted by Gasteiger charge is 2.06. The molecule has 0 atom stereocenters. The highest BCUT2D eigenvalue weighted by atomic mass is 32.1. The molecule has 0 radical (unpaired) electrons. The predicted octanol–water partition coefficient (Wildman–Crippen LogP) is 5.09. The lowest BCUT2D eigenvalue weighted by atomic mass is 10.1. The molecule has 1 heterocycles. The Balaban J connectivity index is 1.77. The predicted molar refractivity (Wildman–Crippen MR) is 97.6 cm³/mol. The fraction of sp³-hybridized carbons (Fsp3) is 0.100. The molecule has 24 heavy (non-hydrogen) atoms. The van der Waals surface area contributed by atoms with Crippen molar-refractivity contribution in [2.45, 2.75) is 13.5 Å². The Morgan fingerprint density at radius 3 is 2.75 bits per heavy atom. The van der Waals surface area contributed by atoms with Crippen molar-refractivity contribution < 1.29 is 4.74 Å². The summed E-state index contributed by atoms with van der Waals surface area (Å²) in [5.74, 6) is 0.778. The summed E-state index contributed by atoms with van der Waals surface area (Å²) in [6.07, 6.45) is 1.84. The summed E-state index contributed by atoms with van der Waals surface area (Å²) in [5, 5.41) is 12.1. The largest absolute Gasteiger partial charge is 0.489 e. The summed E-state index contributed by atoms with van der Waals surface area (Å²) in [6.45, 7) is 2.44. The van der Waals surface area contributed by atoms with Gasteiger partial charge in [-0.2, -0.15) is 5.26 Å². The molecular weight excluding hydrogens is 316 g/mol. The van der Waals surface area contributed by atoms with Gasteiger partial charge in [-0.3, -0.25) is 0 Å². The number of allylic oxidation sites excluding steroid dienone is 1. The van der Waals surface area contributed by atoms with Gasteiger partial charge in [0.25, 0.3) is 0 Å². The number of aromatic nitrogens is 1. The van der Waals surface area contributed by atoms with Crippen LogP contribution >= 0.6 is 11.3 Å². The first-order valence-corrected chi connectivity index (χ1v) is 8.43. The molecule has 0 saturated heterocycles. The molecule has 2 aromatic carbocycles. The normalized spacial score (nSPS) is 11.1. The lowest BCUT2D eigenvalue weighted by Gasteiger charge is -2.07. The SMILES string of the molecule is Cc1csc(/C(C#N)=C\c2cccc(OCc3ccccc3)c2)n1. The molecule has 0 N–H and O–H groups in total. The summed E-state index contributed by atoms with van der Waals surface area (Å²) in [5.41, 5.74) is 3.53. The minimum absolute atomic E-state index is 0.519. The molecule has 0 aliphatic heterocycles. The summed E-state index contributed by atoms with van der Waals surface area (Å²) >= 11 is 1.48. The second-order valence-electron chi connectivity index (χ2n) is 5.31. The van der Waals surface area contributed by atoms with Crippen molar-refractivity contribution in [1.82, 2.24) is 4.98 Å². The van der Waals surface area contributed by atoms with Crippen LogP contribution in [0.25, 0.3) is 11.6 Å². The van der Waals surface area contributed by atoms with Crippen LogP contribution in [0.2, 0.25) is 0 Å². The Hall–Kier alpha value is -2.90. The summed E-state index contributed by atoms with van der Waals surface area (Å²) < 4.78 is 5.83. The zero-order valence-electron chi connectivity index (χ0n) is 13.3. The number of aryl methyl sites for hydroxylation is 1. The maximum absolute atomic E-state index is 9.39. The van der Waals surface area contributed by atoms with Crippen LogP contribution in [-0.2, 0) is 6.61 Å². The van der Waals surface area contributed by atoms with Crippen molar-refractivity contribution in [2.24, 2.45) is 0 Å². The number of hydrogen-bond donors (Lipinski definition) is 0. The van der Waals surface area contributed by atoms with Crippen molar-refractivity contribution in [3.05, 3.63) is 81.8 Å². The van der Waals surface area contributed by atoms with E-state index in [0.29, 0.717) is 12.2 Å². The second-order valence-corrected chi connectivity index (χ2v) is 6.17. The van der Waals surface area contributed by atoms with Crippen molar-refractivity contribution in [3.63, 3.8) is 0 Å². The molecule has 0 aliphatic carbocycles. The first-order valence-electron chi connectivity index (χ1n) is 7.56. The Morgan fingerprint density at radius 1 is 1.21 bits per heavy atom. The Morgan fingerprint density at radius 2 is 2.04 bits per heavy atom. The quantitative estimate of drug-likeness (QED) is 0.611. The zero-order valence-corrected chi connectivity index (χ0v) is 14.1. The summed E-state index contributed by atoms with van der Waals surface area (Å²) in [4.78, 5) is 4.37. The Labute approximate surface area is 145 Å². The topological polar surface area (TPSA) is 45.9 Å². The molecule has 0 aliphatic rings. The van der Waals surface area contributed by atoms with Crippen LogP contribution in [0.1, 0.15) is 21.8 Å². The van der Waals surface area contributed by atoms with Crippen LogP contribution in [0, 0.1) is 18.3 Å². The van der Waals surface area contributed by atoms with Gasteiger partial charge >= 0.3 is 0 Å². The average Bonchev–Trinajstić information content (AvgIpc) is 3.05. The highest BCUT2D eigenvalue weighted by Crippen LogP contribution is 2.23. The van der Waals surface area contributed by atoms with Gasteiger partial charge in [-0.1, -0.05) is 42.5 Å². The monoisotopic (exact) mass is 332 g/mol. The maximum atomic E-state index is 9.39. The van der Waals surface area contributed by atoms with Crippen molar-refractivity contribution >= 4 is 23.0 Å². The first-order chi connectivity index (χ1) is 11.7. The third-order valence-corrected chi connectivity index (χ3v) is 4.38. The number of nitriles is 1. The van der Waals surface area contributed by atoms with E-state index in [0.717, 1.165) is 27.6 Å². The smallest absolute Gasteiger partial charge is 0.134 e. The average molecular weight is 332 g/mol. The minimum Gasteiger partial charge on any atom is -0.489 e. The van der Waals surface area contributed by atoms with Gasteiger partial charge in [0.1, 0.15) is 23.4 Å². The maximum Gasteiger partial charge on any atom is 0.134 e. The van der Waals surface area contributed by atoms with Gasteiger partial charge in [0.05, 0.1) is 5.57 Å². The van der Waals surface area contributed by atoms with Crippen molar-refractivity contribution in [1.29, 1.82) is 5.26 Å². The van der Waals surface area contributed by atoms with E-state index in [1.54, 1.807) is 0 Å². The van der Waals surface area contributed by atoms with Crippen molar-refractivity contribution in [2.75, 3.05) is 0 Å². The highest BCUT2D eigenvalue weighted by molar-refractivity contribution is 7.11. The standard InChI is InChI=1S/C20H16N2OS/c1-15-14-24-20(22-15)18(12-21)10-17-8-5-9-19(11-17)23-13-16-6-3-2-4-7-16/h2-11,14H,13H2,1H3/b18-10-. The first kappa shape index (κ1) is 16.0. The third kappa shape index (κ3) is 4.09. The molecule has 0 bridgehead atoms. The van der Waals surface area contributed by atoms with Crippen LogP contribution in [0.15, 0.2) is 60.0 Å². The van der Waals surface area contributed by atoms with Crippen LogP contribution in [0.3, 0.4) is 0 Å². The lowest BCUT2D eigenvalue weighted by molar-refractivity contribution is 0.306. The van der Waals surface area contributed by atoms with E-state index in [-0.39, 0.29) is 0 Å². The van der Waals surface area contributed by atoms with Crippen LogP contribution < -0.4 is 4.74 Å². The summed E-state index contributed by atoms with van der Waals surface area (Å²) in [6, 6.07) is 20.0. The van der Waals surface area contributed by atoms with E-state index in [9.17, 15) is 5.26 Å². The molecule has 118 valence electrons. The van der Waals surface area contributed by atoms with E-state index < -0.39 is 0 Å². The van der Waals surface area contributed by atoms with E-state index in [2.05, 4.69) is 11.1 Å². The number of benzene rings is 2. The molecule has 0 amide bonds. The summed E-state index contributed by atoms with van der Waals surface area (Å²) in [7, 11) is 0. The molecular formula is C20H16N2OS. The molecule has 0 spiro atoms. The van der Waals surface area contributed by atoms with E-state index >= 15 is 0 Å². The molecule has 0 saturated carbocycles. The molecule has 0 fully saturated rings. The van der Waals surface area contributed by atoms with Crippen LogP contribution in [0.4, 0.5) is 0 Å². The van der Waals surface area contributed by atoms with E-state index in [1.165, 1.54) is 11.3 Å². The Bertz CT molecular complexity index is 891. The van der Waals surface area contributed by atoms with Gasteiger partial charge in [0.2, 0.25) is 0 Å². The number of rotatable bonds is 5. The molecule has 1 aromatic heterocycles. The second kappa shape index (κ2) is 7.58. The van der Waals surface area contributed by atoms with Gasteiger partial charge in [0, 0.05) is 11.1 Å². The number of thiazole rings is 1. The van der Waals surface area contributed by atoms with Gasteiger partial charge in [-0.05, 0) is 36.3 Å². The number of nitrogens with zero attached hydrogens (tertiary/aromatic N) is 2. The van der Waals surface area contributed by atoms with Gasteiger partial charge in [0.15, 0.2) is 0 Å². The van der Waals surface area contributed by atoms with Crippen LogP contribution in [-0.4, -0.2) is 4.98 Å². The molecule has 3 aromatic rings. The van der Waals surface area contributed by atoms with Gasteiger partial charge in [-0.25, -0.2) is 4.98 Å². The zero-order chi connectivity index (χ0) is 16.8. The van der Waals surface area contributed by atoms with E-state index in [4.69, 9.17) is 4.74 Å². The molecule has 3 rings (SSSR count). The minimum atomic E-state index is 0.519. The van der Waals surface area contributed by atoms with Gasteiger partial charge in [-0.15, -0.1) is 11.3 Å². The van der Waals surface area contributed by atoms with E-state index in [1.807, 2.05) is 73.0 Å². The van der Waals surface area contributed by atoms with Crippen molar-refractivity contribution in [3.8, 4) is 11.8 Å². The molecule has 0 unspecified atom stereocenters.